The van der Waals surface area contributed by atoms with E-state index in [1.54, 1.807) is 0 Å². The Kier molecular flexibility index (Phi) is 6.11. The van der Waals surface area contributed by atoms with Crippen LogP contribution in [0.25, 0.3) is 0 Å². The number of rotatable bonds is 4. The summed E-state index contributed by atoms with van der Waals surface area (Å²) < 4.78 is 0. The molecular formula is C20H30N2O2. The SMILES string of the molecule is O=C(NC1CC=CCC1)C1CCC(C(=O)NC2CC=CCC2)CC1. The van der Waals surface area contributed by atoms with Gasteiger partial charge in [0.05, 0.1) is 0 Å². The second-order valence-corrected chi connectivity index (χ2v) is 7.53. The molecule has 3 aliphatic rings. The molecule has 4 nitrogen and oxygen atoms in total. The first-order valence-electron chi connectivity index (χ1n) is 9.63. The Morgan fingerprint density at radius 1 is 0.625 bits per heavy atom. The van der Waals surface area contributed by atoms with Gasteiger partial charge < -0.3 is 10.6 Å². The molecule has 0 heterocycles. The zero-order valence-corrected chi connectivity index (χ0v) is 14.5. The van der Waals surface area contributed by atoms with E-state index >= 15 is 0 Å². The lowest BCUT2D eigenvalue weighted by Gasteiger charge is -2.30. The van der Waals surface area contributed by atoms with E-state index in [0.717, 1.165) is 64.2 Å². The minimum absolute atomic E-state index is 0.0950. The number of carbonyl (C=O) groups is 2. The highest BCUT2D eigenvalue weighted by Crippen LogP contribution is 2.30. The molecule has 0 radical (unpaired) electrons. The standard InChI is InChI=1S/C20H30N2O2/c23-19(21-17-7-3-1-4-8-17)15-11-13-16(14-12-15)20(24)22-18-9-5-2-6-10-18/h1-3,5,15-18H,4,6-14H2,(H,21,23)(H,22,24). The van der Waals surface area contributed by atoms with Gasteiger partial charge in [0.1, 0.15) is 0 Å². The monoisotopic (exact) mass is 330 g/mol. The fourth-order valence-corrected chi connectivity index (χ4v) is 4.11. The summed E-state index contributed by atoms with van der Waals surface area (Å²) in [6.07, 6.45) is 18.2. The quantitative estimate of drug-likeness (QED) is 0.778. The maximum atomic E-state index is 12.4. The lowest BCUT2D eigenvalue weighted by Crippen LogP contribution is -2.43. The summed E-state index contributed by atoms with van der Waals surface area (Å²) in [5.74, 6) is 0.591. The summed E-state index contributed by atoms with van der Waals surface area (Å²) in [5, 5.41) is 6.40. The van der Waals surface area contributed by atoms with Crippen LogP contribution in [0.5, 0.6) is 0 Å². The van der Waals surface area contributed by atoms with Crippen LogP contribution in [0.15, 0.2) is 24.3 Å². The molecule has 2 atom stereocenters. The van der Waals surface area contributed by atoms with Gasteiger partial charge in [-0.25, -0.2) is 0 Å². The molecule has 132 valence electrons. The zero-order valence-electron chi connectivity index (χ0n) is 14.5. The highest BCUT2D eigenvalue weighted by molar-refractivity contribution is 5.81. The van der Waals surface area contributed by atoms with Crippen LogP contribution in [-0.4, -0.2) is 23.9 Å². The number of allylic oxidation sites excluding steroid dienone is 2. The van der Waals surface area contributed by atoms with E-state index in [4.69, 9.17) is 0 Å². The predicted molar refractivity (Wildman–Crippen MR) is 95.3 cm³/mol. The summed E-state index contributed by atoms with van der Waals surface area (Å²) in [6, 6.07) is 0.616. The van der Waals surface area contributed by atoms with E-state index < -0.39 is 0 Å². The van der Waals surface area contributed by atoms with E-state index in [2.05, 4.69) is 34.9 Å². The van der Waals surface area contributed by atoms with Gasteiger partial charge in [-0.05, 0) is 64.2 Å². The molecular weight excluding hydrogens is 300 g/mol. The number of hydrogen-bond acceptors (Lipinski definition) is 2. The summed E-state index contributed by atoms with van der Waals surface area (Å²) >= 11 is 0. The van der Waals surface area contributed by atoms with E-state index in [9.17, 15) is 9.59 Å². The van der Waals surface area contributed by atoms with Gasteiger partial charge in [0.15, 0.2) is 0 Å². The van der Waals surface area contributed by atoms with E-state index in [-0.39, 0.29) is 23.7 Å². The van der Waals surface area contributed by atoms with Gasteiger partial charge in [0.2, 0.25) is 11.8 Å². The minimum atomic E-state index is 0.0950. The molecule has 24 heavy (non-hydrogen) atoms. The molecule has 0 aromatic carbocycles. The van der Waals surface area contributed by atoms with Crippen LogP contribution in [0.2, 0.25) is 0 Å². The van der Waals surface area contributed by atoms with Gasteiger partial charge in [-0.15, -0.1) is 0 Å². The fourth-order valence-electron chi connectivity index (χ4n) is 4.11. The summed E-state index contributed by atoms with van der Waals surface area (Å²) in [6.45, 7) is 0. The van der Waals surface area contributed by atoms with Crippen LogP contribution in [0.4, 0.5) is 0 Å². The lowest BCUT2D eigenvalue weighted by atomic mass is 9.80. The van der Waals surface area contributed by atoms with Crippen molar-refractivity contribution in [2.24, 2.45) is 11.8 Å². The van der Waals surface area contributed by atoms with Gasteiger partial charge in [-0.1, -0.05) is 24.3 Å². The van der Waals surface area contributed by atoms with Crippen molar-refractivity contribution in [3.8, 4) is 0 Å². The first-order chi connectivity index (χ1) is 11.7. The Morgan fingerprint density at radius 3 is 1.38 bits per heavy atom. The summed E-state index contributed by atoms with van der Waals surface area (Å²) in [7, 11) is 0. The van der Waals surface area contributed by atoms with E-state index in [1.807, 2.05) is 0 Å². The molecule has 0 aromatic rings. The van der Waals surface area contributed by atoms with Crippen molar-refractivity contribution in [2.45, 2.75) is 76.3 Å². The largest absolute Gasteiger partial charge is 0.353 e. The molecule has 0 bridgehead atoms. The van der Waals surface area contributed by atoms with Gasteiger partial charge in [-0.3, -0.25) is 9.59 Å². The Balaban J connectivity index is 1.39. The van der Waals surface area contributed by atoms with Crippen molar-refractivity contribution in [3.05, 3.63) is 24.3 Å². The second kappa shape index (κ2) is 8.50. The lowest BCUT2D eigenvalue weighted by molar-refractivity contribution is -0.131. The van der Waals surface area contributed by atoms with E-state index in [0.29, 0.717) is 12.1 Å². The van der Waals surface area contributed by atoms with Crippen LogP contribution in [0, 0.1) is 11.8 Å². The average molecular weight is 330 g/mol. The molecule has 4 heteroatoms. The Hall–Kier alpha value is -1.58. The van der Waals surface area contributed by atoms with Crippen LogP contribution in [0.3, 0.4) is 0 Å². The van der Waals surface area contributed by atoms with E-state index in [1.165, 1.54) is 0 Å². The van der Waals surface area contributed by atoms with Gasteiger partial charge >= 0.3 is 0 Å². The van der Waals surface area contributed by atoms with Crippen LogP contribution < -0.4 is 10.6 Å². The molecule has 3 aliphatic carbocycles. The van der Waals surface area contributed by atoms with Gasteiger partial charge in [0, 0.05) is 23.9 Å². The van der Waals surface area contributed by atoms with Crippen molar-refractivity contribution in [1.29, 1.82) is 0 Å². The molecule has 0 aromatic heterocycles. The highest BCUT2D eigenvalue weighted by atomic mass is 16.2. The first-order valence-corrected chi connectivity index (χ1v) is 9.63. The third-order valence-corrected chi connectivity index (χ3v) is 5.70. The molecule has 3 rings (SSSR count). The molecule has 1 fully saturated rings. The summed E-state index contributed by atoms with van der Waals surface area (Å²) in [5.41, 5.74) is 0. The molecule has 2 amide bonds. The van der Waals surface area contributed by atoms with Gasteiger partial charge in [0.25, 0.3) is 0 Å². The van der Waals surface area contributed by atoms with Crippen molar-refractivity contribution in [2.75, 3.05) is 0 Å². The van der Waals surface area contributed by atoms with Crippen molar-refractivity contribution < 1.29 is 9.59 Å². The van der Waals surface area contributed by atoms with Crippen LogP contribution in [0.1, 0.15) is 64.2 Å². The number of amides is 2. The highest BCUT2D eigenvalue weighted by Gasteiger charge is 2.31. The second-order valence-electron chi connectivity index (χ2n) is 7.53. The Morgan fingerprint density at radius 2 is 1.04 bits per heavy atom. The number of nitrogens with one attached hydrogen (secondary N) is 2. The first kappa shape index (κ1) is 17.2. The molecule has 1 saturated carbocycles. The minimum Gasteiger partial charge on any atom is -0.353 e. The zero-order chi connectivity index (χ0) is 16.8. The van der Waals surface area contributed by atoms with Crippen LogP contribution in [-0.2, 0) is 9.59 Å². The Bertz CT molecular complexity index is 458. The van der Waals surface area contributed by atoms with Crippen molar-refractivity contribution in [1.82, 2.24) is 10.6 Å². The van der Waals surface area contributed by atoms with Crippen molar-refractivity contribution >= 4 is 11.8 Å². The molecule has 0 aliphatic heterocycles. The predicted octanol–water partition coefficient (Wildman–Crippen LogP) is 3.24. The molecule has 0 saturated heterocycles. The smallest absolute Gasteiger partial charge is 0.223 e. The van der Waals surface area contributed by atoms with Crippen LogP contribution >= 0.6 is 0 Å². The van der Waals surface area contributed by atoms with Crippen molar-refractivity contribution in [3.63, 3.8) is 0 Å². The number of carbonyl (C=O) groups excluding carboxylic acids is 2. The summed E-state index contributed by atoms with van der Waals surface area (Å²) in [4.78, 5) is 24.8. The maximum Gasteiger partial charge on any atom is 0.223 e. The van der Waals surface area contributed by atoms with Gasteiger partial charge in [-0.2, -0.15) is 0 Å². The Labute approximate surface area is 145 Å². The fraction of sp³-hybridized carbons (Fsp3) is 0.700. The normalized spacial score (nSPS) is 33.0. The average Bonchev–Trinajstić information content (AvgIpc) is 2.63. The third kappa shape index (κ3) is 4.71. The molecule has 0 spiro atoms. The molecule has 2 unspecified atom stereocenters. The molecule has 2 N–H and O–H groups in total. The number of hydrogen-bond donors (Lipinski definition) is 2. The third-order valence-electron chi connectivity index (χ3n) is 5.70. The maximum absolute atomic E-state index is 12.4. The topological polar surface area (TPSA) is 58.2 Å².